The summed E-state index contributed by atoms with van der Waals surface area (Å²) in [5.74, 6) is -0.108. The molecule has 32 heavy (non-hydrogen) atoms. The van der Waals surface area contributed by atoms with E-state index in [1.807, 2.05) is 0 Å². The van der Waals surface area contributed by atoms with E-state index in [2.05, 4.69) is 10.3 Å². The number of nitrogens with one attached hydrogen (secondary N) is 1. The van der Waals surface area contributed by atoms with Crippen molar-refractivity contribution in [1.82, 2.24) is 10.3 Å². The van der Waals surface area contributed by atoms with E-state index < -0.39 is 5.97 Å². The van der Waals surface area contributed by atoms with E-state index in [1.165, 1.54) is 0 Å². The second-order valence-corrected chi connectivity index (χ2v) is 7.46. The van der Waals surface area contributed by atoms with Gasteiger partial charge in [-0.25, -0.2) is 4.79 Å². The number of aryl methyl sites for hydroxylation is 1. The number of hydrogen-bond donors (Lipinski definition) is 3. The van der Waals surface area contributed by atoms with Crippen LogP contribution in [0.15, 0.2) is 36.4 Å². The molecule has 4 N–H and O–H groups in total. The van der Waals surface area contributed by atoms with Crippen molar-refractivity contribution >= 4 is 28.5 Å². The van der Waals surface area contributed by atoms with Gasteiger partial charge in [-0.05, 0) is 38.1 Å². The summed E-state index contributed by atoms with van der Waals surface area (Å²) in [6.07, 6.45) is 0. The van der Waals surface area contributed by atoms with Crippen molar-refractivity contribution in [2.24, 2.45) is 0 Å². The number of nitrogens with zero attached hydrogens (tertiary/aromatic N) is 1. The van der Waals surface area contributed by atoms with Gasteiger partial charge in [0.2, 0.25) is 0 Å². The summed E-state index contributed by atoms with van der Waals surface area (Å²) in [4.78, 5) is 28.7. The summed E-state index contributed by atoms with van der Waals surface area (Å²) < 4.78 is 17.0. The van der Waals surface area contributed by atoms with Gasteiger partial charge in [0.25, 0.3) is 5.91 Å². The van der Waals surface area contributed by atoms with Gasteiger partial charge in [0, 0.05) is 0 Å². The highest BCUT2D eigenvalue weighted by Gasteiger charge is 2.22. The lowest BCUT2D eigenvalue weighted by molar-refractivity contribution is 0.0696. The fraction of sp³-hybridized carbons (Fsp3) is 0.261. The fourth-order valence-corrected chi connectivity index (χ4v) is 3.64. The molecule has 0 saturated carbocycles. The van der Waals surface area contributed by atoms with Crippen molar-refractivity contribution in [3.63, 3.8) is 0 Å². The van der Waals surface area contributed by atoms with Crippen LogP contribution in [0.4, 0.5) is 5.69 Å². The zero-order chi connectivity index (χ0) is 22.8. The molecule has 0 radical (unpaired) electrons. The number of carbonyl (C=O) groups is 2. The fourth-order valence-electron chi connectivity index (χ4n) is 3.64. The molecule has 9 heteroatoms. The number of nitrogens with two attached hydrogens (primary N) is 1. The number of amides is 1. The second-order valence-electron chi connectivity index (χ2n) is 7.46. The third-order valence-corrected chi connectivity index (χ3v) is 5.08. The Morgan fingerprint density at radius 2 is 1.97 bits per heavy atom. The van der Waals surface area contributed by atoms with Crippen LogP contribution in [0.25, 0.3) is 10.9 Å². The molecule has 2 heterocycles. The number of carboxylic acids is 1. The number of aromatic carboxylic acids is 1. The summed E-state index contributed by atoms with van der Waals surface area (Å²) in [7, 11) is 0. The Kier molecular flexibility index (Phi) is 5.72. The zero-order valence-electron chi connectivity index (χ0n) is 17.7. The van der Waals surface area contributed by atoms with Crippen LogP contribution >= 0.6 is 0 Å². The number of benzene rings is 2. The number of hydrogen-bond acceptors (Lipinski definition) is 7. The van der Waals surface area contributed by atoms with Gasteiger partial charge in [-0.15, -0.1) is 0 Å². The largest absolute Gasteiger partial charge is 0.491 e. The Morgan fingerprint density at radius 1 is 1.22 bits per heavy atom. The first-order valence-electron chi connectivity index (χ1n) is 10.1. The highest BCUT2D eigenvalue weighted by molar-refractivity contribution is 6.06. The third kappa shape index (κ3) is 3.96. The maximum absolute atomic E-state index is 12.8. The van der Waals surface area contributed by atoms with E-state index in [9.17, 15) is 14.7 Å². The van der Waals surface area contributed by atoms with Gasteiger partial charge in [-0.2, -0.15) is 0 Å². The molecule has 1 aliphatic heterocycles. The third-order valence-electron chi connectivity index (χ3n) is 5.08. The Hall–Kier alpha value is -4.01. The number of carboxylic acid groups (broad SMARTS) is 1. The smallest absolute Gasteiger partial charge is 0.339 e. The van der Waals surface area contributed by atoms with Gasteiger partial charge in [-0.1, -0.05) is 12.1 Å². The standard InChI is InChI=1S/C23H23N3O6/c1-12(25-22(27)14-5-3-8-17-21(14)31-10-9-30-17)11-32-16-7-4-6-15-19(16)20(24)18(23(28)29)13(2)26-15/h3-8,12H,9-11H2,1-2H3,(H2,24,26)(H,25,27)(H,28,29). The van der Waals surface area contributed by atoms with E-state index >= 15 is 0 Å². The van der Waals surface area contributed by atoms with Gasteiger partial charge in [-0.3, -0.25) is 9.78 Å². The van der Waals surface area contributed by atoms with Gasteiger partial charge >= 0.3 is 5.97 Å². The maximum Gasteiger partial charge on any atom is 0.339 e. The average molecular weight is 437 g/mol. The maximum atomic E-state index is 12.8. The molecule has 0 bridgehead atoms. The molecule has 2 aromatic carbocycles. The average Bonchev–Trinajstić information content (AvgIpc) is 2.76. The van der Waals surface area contributed by atoms with E-state index in [1.54, 1.807) is 50.2 Å². The number of fused-ring (bicyclic) bond motifs is 2. The molecule has 9 nitrogen and oxygen atoms in total. The molecular formula is C23H23N3O6. The predicted molar refractivity (Wildman–Crippen MR) is 118 cm³/mol. The lowest BCUT2D eigenvalue weighted by atomic mass is 10.1. The summed E-state index contributed by atoms with van der Waals surface area (Å²) in [5, 5.41) is 12.8. The van der Waals surface area contributed by atoms with Crippen molar-refractivity contribution in [2.75, 3.05) is 25.6 Å². The first kappa shape index (κ1) is 21.2. The predicted octanol–water partition coefficient (Wildman–Crippen LogP) is 2.79. The molecule has 0 saturated heterocycles. The first-order chi connectivity index (χ1) is 15.4. The van der Waals surface area contributed by atoms with Crippen molar-refractivity contribution in [3.8, 4) is 17.2 Å². The Balaban J connectivity index is 1.51. The number of pyridine rings is 1. The van der Waals surface area contributed by atoms with Crippen molar-refractivity contribution < 1.29 is 28.9 Å². The Bertz CT molecular complexity index is 1210. The molecule has 1 unspecified atom stereocenters. The van der Waals surface area contributed by atoms with Crippen LogP contribution in [0.2, 0.25) is 0 Å². The minimum atomic E-state index is -1.15. The molecule has 3 aromatic rings. The summed E-state index contributed by atoms with van der Waals surface area (Å²) >= 11 is 0. The summed E-state index contributed by atoms with van der Waals surface area (Å²) in [5.41, 5.74) is 7.45. The van der Waals surface area contributed by atoms with Crippen molar-refractivity contribution in [3.05, 3.63) is 53.2 Å². The molecule has 0 spiro atoms. The molecule has 1 atom stereocenters. The van der Waals surface area contributed by atoms with E-state index in [-0.39, 0.29) is 29.8 Å². The SMILES string of the molecule is Cc1nc2cccc(OCC(C)NC(=O)c3cccc4c3OCCO4)c2c(N)c1C(=O)O. The van der Waals surface area contributed by atoms with Crippen LogP contribution in [0.1, 0.15) is 33.3 Å². The van der Waals surface area contributed by atoms with Crippen LogP contribution < -0.4 is 25.3 Å². The molecule has 0 aliphatic carbocycles. The number of para-hydroxylation sites is 1. The monoisotopic (exact) mass is 437 g/mol. The first-order valence-corrected chi connectivity index (χ1v) is 10.1. The number of aromatic nitrogens is 1. The van der Waals surface area contributed by atoms with Crippen LogP contribution in [0.3, 0.4) is 0 Å². The van der Waals surface area contributed by atoms with Gasteiger partial charge in [0.1, 0.15) is 31.1 Å². The van der Waals surface area contributed by atoms with Gasteiger partial charge in [0.05, 0.1) is 33.9 Å². The van der Waals surface area contributed by atoms with Crippen LogP contribution in [-0.2, 0) is 0 Å². The summed E-state index contributed by atoms with van der Waals surface area (Å²) in [6, 6.07) is 9.97. The van der Waals surface area contributed by atoms with Gasteiger partial charge < -0.3 is 30.4 Å². The van der Waals surface area contributed by atoms with Crippen LogP contribution in [-0.4, -0.2) is 47.8 Å². The highest BCUT2D eigenvalue weighted by Crippen LogP contribution is 2.34. The van der Waals surface area contributed by atoms with E-state index in [0.29, 0.717) is 52.6 Å². The quantitative estimate of drug-likeness (QED) is 0.536. The van der Waals surface area contributed by atoms with E-state index in [4.69, 9.17) is 19.9 Å². The molecule has 1 aliphatic rings. The molecule has 4 rings (SSSR count). The molecule has 1 amide bonds. The minimum Gasteiger partial charge on any atom is -0.491 e. The lowest BCUT2D eigenvalue weighted by Crippen LogP contribution is -2.37. The lowest BCUT2D eigenvalue weighted by Gasteiger charge is -2.22. The number of rotatable bonds is 6. The zero-order valence-corrected chi connectivity index (χ0v) is 17.7. The van der Waals surface area contributed by atoms with Crippen LogP contribution in [0.5, 0.6) is 17.2 Å². The number of anilines is 1. The van der Waals surface area contributed by atoms with Gasteiger partial charge in [0.15, 0.2) is 11.5 Å². The number of nitrogen functional groups attached to an aromatic ring is 1. The van der Waals surface area contributed by atoms with Crippen molar-refractivity contribution in [2.45, 2.75) is 19.9 Å². The van der Waals surface area contributed by atoms with Crippen LogP contribution in [0, 0.1) is 6.92 Å². The second kappa shape index (κ2) is 8.62. The Labute approximate surface area is 184 Å². The number of ether oxygens (including phenoxy) is 3. The molecule has 0 fully saturated rings. The molecule has 1 aromatic heterocycles. The Morgan fingerprint density at radius 3 is 2.75 bits per heavy atom. The normalized spacial score (nSPS) is 13.4. The minimum absolute atomic E-state index is 0.0500. The summed E-state index contributed by atoms with van der Waals surface area (Å²) in [6.45, 7) is 4.34. The molecule has 166 valence electrons. The topological polar surface area (TPSA) is 133 Å². The molecular weight excluding hydrogens is 414 g/mol. The van der Waals surface area contributed by atoms with E-state index in [0.717, 1.165) is 0 Å². The number of carbonyl (C=O) groups excluding carboxylic acids is 1. The highest BCUT2D eigenvalue weighted by atomic mass is 16.6. The van der Waals surface area contributed by atoms with Crippen molar-refractivity contribution in [1.29, 1.82) is 0 Å².